The van der Waals surface area contributed by atoms with Crippen LogP contribution < -0.4 is 5.32 Å². The summed E-state index contributed by atoms with van der Waals surface area (Å²) in [5, 5.41) is 11.3. The van der Waals surface area contributed by atoms with Crippen LogP contribution in [0.25, 0.3) is 11.6 Å². The zero-order valence-electron chi connectivity index (χ0n) is 10.2. The van der Waals surface area contributed by atoms with Crippen molar-refractivity contribution < 1.29 is 4.42 Å². The molecule has 0 aromatic carbocycles. The third-order valence-corrected chi connectivity index (χ3v) is 2.82. The molecule has 0 radical (unpaired) electrons. The quantitative estimate of drug-likeness (QED) is 0.830. The highest BCUT2D eigenvalue weighted by Crippen LogP contribution is 2.17. The van der Waals surface area contributed by atoms with Crippen LogP contribution in [0.5, 0.6) is 0 Å². The van der Waals surface area contributed by atoms with Gasteiger partial charge in [-0.3, -0.25) is 0 Å². The molecule has 0 unspecified atom stereocenters. The predicted octanol–water partition coefficient (Wildman–Crippen LogP) is 2.44. The van der Waals surface area contributed by atoms with Crippen LogP contribution in [0.15, 0.2) is 27.2 Å². The van der Waals surface area contributed by atoms with E-state index in [2.05, 4.69) is 43.4 Å². The molecule has 0 fully saturated rings. The molecule has 0 spiro atoms. The van der Waals surface area contributed by atoms with E-state index in [4.69, 9.17) is 4.42 Å². The third-order valence-electron chi connectivity index (χ3n) is 2.36. The van der Waals surface area contributed by atoms with Crippen LogP contribution in [-0.2, 0) is 6.42 Å². The summed E-state index contributed by atoms with van der Waals surface area (Å²) < 4.78 is 6.48. The van der Waals surface area contributed by atoms with Crippen molar-refractivity contribution >= 4 is 15.9 Å². The summed E-state index contributed by atoms with van der Waals surface area (Å²) in [5.74, 6) is 1.10. The van der Waals surface area contributed by atoms with Gasteiger partial charge in [0, 0.05) is 23.6 Å². The smallest absolute Gasteiger partial charge is 0.266 e. The van der Waals surface area contributed by atoms with E-state index in [9.17, 15) is 0 Å². The molecule has 1 N–H and O–H groups in total. The van der Waals surface area contributed by atoms with Gasteiger partial charge < -0.3 is 9.73 Å². The molecule has 0 saturated heterocycles. The minimum Gasteiger partial charge on any atom is -0.419 e. The molecule has 5 nitrogen and oxygen atoms in total. The van der Waals surface area contributed by atoms with E-state index < -0.39 is 0 Å². The van der Waals surface area contributed by atoms with Crippen LogP contribution in [0.2, 0.25) is 0 Å². The fourth-order valence-electron chi connectivity index (χ4n) is 1.46. The number of aromatic nitrogens is 3. The molecule has 0 aliphatic carbocycles. The Hall–Kier alpha value is -1.27. The van der Waals surface area contributed by atoms with E-state index in [0.29, 0.717) is 17.5 Å². The van der Waals surface area contributed by atoms with Crippen LogP contribution in [0.4, 0.5) is 0 Å². The van der Waals surface area contributed by atoms with Crippen molar-refractivity contribution in [2.24, 2.45) is 0 Å². The maximum absolute atomic E-state index is 5.55. The molecule has 0 amide bonds. The molecule has 0 bridgehead atoms. The maximum atomic E-state index is 5.55. The van der Waals surface area contributed by atoms with Crippen LogP contribution in [-0.4, -0.2) is 28.3 Å². The second kappa shape index (κ2) is 6.61. The first-order valence-corrected chi connectivity index (χ1v) is 6.74. The van der Waals surface area contributed by atoms with Crippen LogP contribution in [0, 0.1) is 0 Å². The lowest BCUT2D eigenvalue weighted by Gasteiger charge is -1.98. The second-order valence-corrected chi connectivity index (χ2v) is 4.78. The summed E-state index contributed by atoms with van der Waals surface area (Å²) in [5.41, 5.74) is 0.693. The predicted molar refractivity (Wildman–Crippen MR) is 72.1 cm³/mol. The molecule has 0 saturated carbocycles. The lowest BCUT2D eigenvalue weighted by molar-refractivity contribution is 0.493. The van der Waals surface area contributed by atoms with E-state index in [0.717, 1.165) is 30.4 Å². The molecule has 96 valence electrons. The van der Waals surface area contributed by atoms with Gasteiger partial charge in [0.2, 0.25) is 5.89 Å². The summed E-state index contributed by atoms with van der Waals surface area (Å²) >= 11 is 3.33. The van der Waals surface area contributed by atoms with Gasteiger partial charge in [-0.05, 0) is 41.0 Å². The normalized spacial score (nSPS) is 10.8. The molecule has 2 aromatic heterocycles. The van der Waals surface area contributed by atoms with Gasteiger partial charge in [-0.1, -0.05) is 6.92 Å². The van der Waals surface area contributed by atoms with Gasteiger partial charge in [-0.2, -0.15) is 0 Å². The summed E-state index contributed by atoms with van der Waals surface area (Å²) in [6, 6.07) is 3.74. The summed E-state index contributed by atoms with van der Waals surface area (Å²) in [7, 11) is 0. The summed E-state index contributed by atoms with van der Waals surface area (Å²) in [6.07, 6.45) is 3.57. The van der Waals surface area contributed by atoms with Crippen molar-refractivity contribution in [3.8, 4) is 11.6 Å². The Kier molecular flexibility index (Phi) is 4.83. The minimum atomic E-state index is 0.466. The van der Waals surface area contributed by atoms with Crippen LogP contribution in [0.1, 0.15) is 19.2 Å². The fraction of sp³-hybridized carbons (Fsp3) is 0.417. The topological polar surface area (TPSA) is 63.8 Å². The third kappa shape index (κ3) is 3.61. The molecule has 2 heterocycles. The molecule has 2 aromatic rings. The standard InChI is InChI=1S/C12H15BrN4O/c1-2-6-14-7-5-11-16-17-12(18-11)10-4-3-9(13)8-15-10/h3-4,8,14H,2,5-7H2,1H3. The number of hydrogen-bond donors (Lipinski definition) is 1. The Balaban J connectivity index is 1.95. The van der Waals surface area contributed by atoms with Gasteiger partial charge in [0.25, 0.3) is 5.89 Å². The van der Waals surface area contributed by atoms with Crippen molar-refractivity contribution in [3.05, 3.63) is 28.7 Å². The van der Waals surface area contributed by atoms with Crippen molar-refractivity contribution in [1.82, 2.24) is 20.5 Å². The zero-order chi connectivity index (χ0) is 12.8. The molecule has 0 aliphatic rings. The Labute approximate surface area is 114 Å². The minimum absolute atomic E-state index is 0.466. The summed E-state index contributed by atoms with van der Waals surface area (Å²) in [4.78, 5) is 4.21. The highest BCUT2D eigenvalue weighted by molar-refractivity contribution is 9.10. The number of hydrogen-bond acceptors (Lipinski definition) is 5. The molecule has 0 aliphatic heterocycles. The number of pyridine rings is 1. The molecule has 2 rings (SSSR count). The van der Waals surface area contributed by atoms with Gasteiger partial charge >= 0.3 is 0 Å². The Morgan fingerprint density at radius 2 is 2.17 bits per heavy atom. The van der Waals surface area contributed by atoms with Gasteiger partial charge in [-0.25, -0.2) is 4.98 Å². The number of rotatable bonds is 6. The highest BCUT2D eigenvalue weighted by Gasteiger charge is 2.09. The number of nitrogens with zero attached hydrogens (tertiary/aromatic N) is 3. The lowest BCUT2D eigenvalue weighted by Crippen LogP contribution is -2.17. The van der Waals surface area contributed by atoms with E-state index >= 15 is 0 Å². The van der Waals surface area contributed by atoms with Gasteiger partial charge in [0.1, 0.15) is 5.69 Å². The molecular weight excluding hydrogens is 296 g/mol. The summed E-state index contributed by atoms with van der Waals surface area (Å²) in [6.45, 7) is 4.00. The Bertz CT molecular complexity index is 483. The second-order valence-electron chi connectivity index (χ2n) is 3.86. The fourth-order valence-corrected chi connectivity index (χ4v) is 1.69. The SMILES string of the molecule is CCCNCCc1nnc(-c2ccc(Br)cn2)o1. The maximum Gasteiger partial charge on any atom is 0.266 e. The van der Waals surface area contributed by atoms with Gasteiger partial charge in [0.15, 0.2) is 0 Å². The average Bonchev–Trinajstić information content (AvgIpc) is 2.84. The average molecular weight is 311 g/mol. The van der Waals surface area contributed by atoms with Crippen LogP contribution in [0.3, 0.4) is 0 Å². The number of halogens is 1. The first kappa shape index (κ1) is 13.2. The monoisotopic (exact) mass is 310 g/mol. The first-order valence-electron chi connectivity index (χ1n) is 5.94. The van der Waals surface area contributed by atoms with E-state index in [-0.39, 0.29) is 0 Å². The molecular formula is C12H15BrN4O. The molecule has 0 atom stereocenters. The van der Waals surface area contributed by atoms with Gasteiger partial charge in [-0.15, -0.1) is 10.2 Å². The van der Waals surface area contributed by atoms with Crippen molar-refractivity contribution in [2.45, 2.75) is 19.8 Å². The molecule has 6 heteroatoms. The molecule has 18 heavy (non-hydrogen) atoms. The van der Waals surface area contributed by atoms with Crippen molar-refractivity contribution in [3.63, 3.8) is 0 Å². The zero-order valence-corrected chi connectivity index (χ0v) is 11.8. The Morgan fingerprint density at radius 1 is 1.28 bits per heavy atom. The van der Waals surface area contributed by atoms with Crippen molar-refractivity contribution in [2.75, 3.05) is 13.1 Å². The largest absolute Gasteiger partial charge is 0.419 e. The highest BCUT2D eigenvalue weighted by atomic mass is 79.9. The van der Waals surface area contributed by atoms with Crippen LogP contribution >= 0.6 is 15.9 Å². The Morgan fingerprint density at radius 3 is 2.89 bits per heavy atom. The van der Waals surface area contributed by atoms with E-state index in [1.54, 1.807) is 6.20 Å². The van der Waals surface area contributed by atoms with Crippen molar-refractivity contribution in [1.29, 1.82) is 0 Å². The van der Waals surface area contributed by atoms with E-state index in [1.165, 1.54) is 0 Å². The lowest BCUT2D eigenvalue weighted by atomic mass is 10.3. The van der Waals surface area contributed by atoms with E-state index in [1.807, 2.05) is 12.1 Å². The first-order chi connectivity index (χ1) is 8.79. The number of nitrogens with one attached hydrogen (secondary N) is 1. The van der Waals surface area contributed by atoms with Gasteiger partial charge in [0.05, 0.1) is 0 Å².